The van der Waals surface area contributed by atoms with Gasteiger partial charge in [0.05, 0.1) is 19.4 Å². The zero-order valence-electron chi connectivity index (χ0n) is 13.4. The van der Waals surface area contributed by atoms with Crippen LogP contribution in [0.3, 0.4) is 0 Å². The molecule has 0 aliphatic heterocycles. The third kappa shape index (κ3) is 4.56. The quantitative estimate of drug-likeness (QED) is 0.614. The van der Waals surface area contributed by atoms with Crippen LogP contribution in [-0.2, 0) is 25.7 Å². The molecule has 0 spiro atoms. The zero-order valence-corrected chi connectivity index (χ0v) is 13.4. The van der Waals surface area contributed by atoms with Crippen LogP contribution in [0.25, 0.3) is 0 Å². The number of ether oxygens (including phenoxy) is 2. The van der Waals surface area contributed by atoms with Crippen LogP contribution in [0.2, 0.25) is 0 Å². The summed E-state index contributed by atoms with van der Waals surface area (Å²) >= 11 is 0. The molecule has 7 heteroatoms. The number of allylic oxidation sites excluding steroid dienone is 1. The van der Waals surface area contributed by atoms with Crippen molar-refractivity contribution < 1.29 is 29.3 Å². The van der Waals surface area contributed by atoms with E-state index in [1.54, 1.807) is 0 Å². The lowest BCUT2D eigenvalue weighted by molar-refractivity contribution is -0.144. The van der Waals surface area contributed by atoms with Gasteiger partial charge in [0, 0.05) is 12.8 Å². The summed E-state index contributed by atoms with van der Waals surface area (Å²) in [6, 6.07) is 9.25. The number of aliphatic hydroxyl groups is 2. The SMILES string of the molecule is COC1=C(NCC(=O)OCc2ccccc2)C[C@@](O)(CO)CC1=O. The van der Waals surface area contributed by atoms with E-state index in [2.05, 4.69) is 5.32 Å². The number of aliphatic hydroxyl groups excluding tert-OH is 1. The van der Waals surface area contributed by atoms with E-state index >= 15 is 0 Å². The lowest BCUT2D eigenvalue weighted by Crippen LogP contribution is -2.44. The van der Waals surface area contributed by atoms with Crippen LogP contribution in [0.1, 0.15) is 18.4 Å². The number of nitrogens with one attached hydrogen (secondary N) is 1. The number of hydrogen-bond acceptors (Lipinski definition) is 7. The van der Waals surface area contributed by atoms with E-state index in [9.17, 15) is 19.8 Å². The van der Waals surface area contributed by atoms with E-state index < -0.39 is 24.0 Å². The monoisotopic (exact) mass is 335 g/mol. The van der Waals surface area contributed by atoms with Gasteiger partial charge in [0.25, 0.3) is 0 Å². The number of carbonyl (C=O) groups excluding carboxylic acids is 2. The standard InChI is InChI=1S/C17H21NO6/c1-23-16-13(7-17(22,11-19)8-14(16)20)18-9-15(21)24-10-12-5-3-2-4-6-12/h2-6,18-19,22H,7-11H2,1H3/t17-/m0/s1. The summed E-state index contributed by atoms with van der Waals surface area (Å²) in [5.74, 6) is -0.878. The molecule has 24 heavy (non-hydrogen) atoms. The number of Topliss-reactive ketones (excluding diaryl/α,β-unsaturated/α-hetero) is 1. The molecule has 0 aromatic heterocycles. The first-order valence-electron chi connectivity index (χ1n) is 7.54. The first-order valence-corrected chi connectivity index (χ1v) is 7.54. The Labute approximate surface area is 139 Å². The molecule has 0 radical (unpaired) electrons. The van der Waals surface area contributed by atoms with Gasteiger partial charge in [-0.1, -0.05) is 30.3 Å². The Balaban J connectivity index is 1.93. The Bertz CT molecular complexity index is 627. The van der Waals surface area contributed by atoms with Crippen molar-refractivity contribution in [2.75, 3.05) is 20.3 Å². The lowest BCUT2D eigenvalue weighted by atomic mass is 9.86. The predicted octanol–water partition coefficient (Wildman–Crippen LogP) is 0.264. The molecular weight excluding hydrogens is 314 g/mol. The summed E-state index contributed by atoms with van der Waals surface area (Å²) in [5.41, 5.74) is -0.401. The Morgan fingerprint density at radius 2 is 2.00 bits per heavy atom. The highest BCUT2D eigenvalue weighted by molar-refractivity contribution is 5.96. The smallest absolute Gasteiger partial charge is 0.325 e. The highest BCUT2D eigenvalue weighted by Crippen LogP contribution is 2.29. The van der Waals surface area contributed by atoms with E-state index in [0.29, 0.717) is 0 Å². The maximum Gasteiger partial charge on any atom is 0.325 e. The fourth-order valence-electron chi connectivity index (χ4n) is 2.48. The van der Waals surface area contributed by atoms with Crippen molar-refractivity contribution >= 4 is 11.8 Å². The molecule has 130 valence electrons. The molecule has 2 rings (SSSR count). The van der Waals surface area contributed by atoms with Gasteiger partial charge in [-0.3, -0.25) is 9.59 Å². The van der Waals surface area contributed by atoms with Gasteiger partial charge in [0.15, 0.2) is 5.76 Å². The second-order valence-electron chi connectivity index (χ2n) is 5.67. The van der Waals surface area contributed by atoms with Gasteiger partial charge >= 0.3 is 5.97 Å². The Morgan fingerprint density at radius 3 is 2.62 bits per heavy atom. The topological polar surface area (TPSA) is 105 Å². The van der Waals surface area contributed by atoms with E-state index in [0.717, 1.165) is 5.56 Å². The number of hydrogen-bond donors (Lipinski definition) is 3. The van der Waals surface area contributed by atoms with Crippen LogP contribution in [0, 0.1) is 0 Å². The van der Waals surface area contributed by atoms with E-state index in [4.69, 9.17) is 9.47 Å². The maximum atomic E-state index is 12.0. The molecular formula is C17H21NO6. The summed E-state index contributed by atoms with van der Waals surface area (Å²) in [7, 11) is 1.34. The fraction of sp³-hybridized carbons (Fsp3) is 0.412. The molecule has 1 aliphatic carbocycles. The fourth-order valence-corrected chi connectivity index (χ4v) is 2.48. The van der Waals surface area contributed by atoms with Crippen LogP contribution >= 0.6 is 0 Å². The molecule has 0 bridgehead atoms. The van der Waals surface area contributed by atoms with Gasteiger partial charge in [-0.05, 0) is 5.56 Å². The molecule has 0 amide bonds. The van der Waals surface area contributed by atoms with Crippen molar-refractivity contribution in [2.45, 2.75) is 25.0 Å². The van der Waals surface area contributed by atoms with Crippen LogP contribution in [0.5, 0.6) is 0 Å². The van der Waals surface area contributed by atoms with Gasteiger partial charge in [-0.25, -0.2) is 0 Å². The van der Waals surface area contributed by atoms with Gasteiger partial charge < -0.3 is 25.0 Å². The van der Waals surface area contributed by atoms with Crippen molar-refractivity contribution in [3.63, 3.8) is 0 Å². The molecule has 1 atom stereocenters. The molecule has 0 unspecified atom stereocenters. The summed E-state index contributed by atoms with van der Waals surface area (Å²) < 4.78 is 10.2. The number of ketones is 1. The molecule has 0 fully saturated rings. The van der Waals surface area contributed by atoms with Gasteiger partial charge in [0.1, 0.15) is 18.8 Å². The van der Waals surface area contributed by atoms with E-state index in [1.807, 2.05) is 30.3 Å². The van der Waals surface area contributed by atoms with Gasteiger partial charge in [-0.2, -0.15) is 0 Å². The second-order valence-corrected chi connectivity index (χ2v) is 5.67. The summed E-state index contributed by atoms with van der Waals surface area (Å²) in [5, 5.41) is 22.1. The Kier molecular flexibility index (Phi) is 5.94. The first-order chi connectivity index (χ1) is 11.5. The van der Waals surface area contributed by atoms with E-state index in [1.165, 1.54) is 7.11 Å². The van der Waals surface area contributed by atoms with Gasteiger partial charge in [0.2, 0.25) is 5.78 Å². The highest BCUT2D eigenvalue weighted by atomic mass is 16.5. The third-order valence-corrected chi connectivity index (χ3v) is 3.71. The van der Waals surface area contributed by atoms with Crippen molar-refractivity contribution in [1.29, 1.82) is 0 Å². The largest absolute Gasteiger partial charge is 0.491 e. The minimum atomic E-state index is -1.55. The normalized spacial score (nSPS) is 20.7. The molecule has 0 saturated heterocycles. The highest BCUT2D eigenvalue weighted by Gasteiger charge is 2.39. The van der Waals surface area contributed by atoms with Crippen LogP contribution in [0.15, 0.2) is 41.8 Å². The van der Waals surface area contributed by atoms with Crippen LogP contribution in [-0.4, -0.2) is 47.8 Å². The van der Waals surface area contributed by atoms with Crippen LogP contribution < -0.4 is 5.32 Å². The predicted molar refractivity (Wildman–Crippen MR) is 84.6 cm³/mol. The zero-order chi connectivity index (χ0) is 17.6. The van der Waals surface area contributed by atoms with E-state index in [-0.39, 0.29) is 37.4 Å². The maximum absolute atomic E-state index is 12.0. The molecule has 1 aromatic carbocycles. The van der Waals surface area contributed by atoms with Crippen molar-refractivity contribution in [3.05, 3.63) is 47.4 Å². The number of rotatable bonds is 7. The Morgan fingerprint density at radius 1 is 1.29 bits per heavy atom. The van der Waals surface area contributed by atoms with Crippen molar-refractivity contribution in [1.82, 2.24) is 5.32 Å². The number of methoxy groups -OCH3 is 1. The van der Waals surface area contributed by atoms with Gasteiger partial charge in [-0.15, -0.1) is 0 Å². The van der Waals surface area contributed by atoms with Crippen molar-refractivity contribution in [2.24, 2.45) is 0 Å². The molecule has 1 aromatic rings. The number of carbonyl (C=O) groups is 2. The molecule has 1 aliphatic rings. The average Bonchev–Trinajstić information content (AvgIpc) is 2.58. The van der Waals surface area contributed by atoms with Crippen LogP contribution in [0.4, 0.5) is 0 Å². The van der Waals surface area contributed by atoms with Crippen molar-refractivity contribution in [3.8, 4) is 0 Å². The number of esters is 1. The second kappa shape index (κ2) is 7.94. The first kappa shape index (κ1) is 18.0. The molecule has 0 heterocycles. The lowest BCUT2D eigenvalue weighted by Gasteiger charge is -2.32. The number of benzene rings is 1. The Hall–Kier alpha value is -2.38. The summed E-state index contributed by atoms with van der Waals surface area (Å²) in [4.78, 5) is 23.8. The summed E-state index contributed by atoms with van der Waals surface area (Å²) in [6.07, 6.45) is -0.235. The average molecular weight is 335 g/mol. The minimum absolute atomic E-state index is 0.00955. The minimum Gasteiger partial charge on any atom is -0.491 e. The third-order valence-electron chi connectivity index (χ3n) is 3.71. The molecule has 0 saturated carbocycles. The summed E-state index contributed by atoms with van der Waals surface area (Å²) in [6.45, 7) is -0.583. The molecule has 3 N–H and O–H groups in total. The molecule has 7 nitrogen and oxygen atoms in total.